The fraction of sp³-hybridized carbons (Fsp3) is 0.667. The number of nitrogens with one attached hydrogen (secondary N) is 2. The first-order chi connectivity index (χ1) is 15.7. The molecular formula is C27H45N3O4. The smallest absolute Gasteiger partial charge is 0.408 e. The maximum absolute atomic E-state index is 13.6. The van der Waals surface area contributed by atoms with Crippen LogP contribution in [0.25, 0.3) is 0 Å². The number of benzene rings is 1. The molecule has 0 fully saturated rings. The van der Waals surface area contributed by atoms with Crippen LogP contribution in [-0.2, 0) is 14.3 Å². The Bertz CT molecular complexity index is 843. The average Bonchev–Trinajstić information content (AvgIpc) is 2.74. The Hall–Kier alpha value is -2.57. The van der Waals surface area contributed by atoms with E-state index in [1.807, 2.05) is 52.8 Å². The van der Waals surface area contributed by atoms with Gasteiger partial charge in [-0.1, -0.05) is 44.9 Å². The number of nitrogens with zero attached hydrogens (tertiary/aromatic N) is 1. The van der Waals surface area contributed by atoms with E-state index in [9.17, 15) is 14.4 Å². The molecule has 7 nitrogen and oxygen atoms in total. The van der Waals surface area contributed by atoms with Gasteiger partial charge in [0.25, 0.3) is 0 Å². The highest BCUT2D eigenvalue weighted by Crippen LogP contribution is 2.33. The summed E-state index contributed by atoms with van der Waals surface area (Å²) in [5.74, 6) is -0.552. The summed E-state index contributed by atoms with van der Waals surface area (Å²) in [5, 5.41) is 5.61. The molecule has 7 heteroatoms. The van der Waals surface area contributed by atoms with E-state index < -0.39 is 23.3 Å². The molecule has 0 saturated heterocycles. The molecule has 1 unspecified atom stereocenters. The van der Waals surface area contributed by atoms with E-state index in [0.717, 1.165) is 36.0 Å². The number of aryl methyl sites for hydroxylation is 1. The minimum Gasteiger partial charge on any atom is -0.444 e. The van der Waals surface area contributed by atoms with Gasteiger partial charge in [0, 0.05) is 12.1 Å². The van der Waals surface area contributed by atoms with Gasteiger partial charge in [0.2, 0.25) is 11.8 Å². The van der Waals surface area contributed by atoms with Gasteiger partial charge in [0.15, 0.2) is 0 Å². The summed E-state index contributed by atoms with van der Waals surface area (Å²) in [6.45, 7) is 17.5. The van der Waals surface area contributed by atoms with Crippen LogP contribution in [0.1, 0.15) is 96.9 Å². The molecule has 0 aliphatic carbocycles. The molecule has 0 aliphatic rings. The number of alkyl carbamates (subject to hydrolysis) is 1. The molecule has 1 aromatic carbocycles. The largest absolute Gasteiger partial charge is 0.444 e. The average molecular weight is 476 g/mol. The number of carbonyl (C=O) groups excluding carboxylic acids is 3. The highest BCUT2D eigenvalue weighted by Gasteiger charge is 2.40. The zero-order valence-corrected chi connectivity index (χ0v) is 22.6. The first-order valence-corrected chi connectivity index (χ1v) is 12.4. The first kappa shape index (κ1) is 29.5. The fourth-order valence-electron chi connectivity index (χ4n) is 3.70. The van der Waals surface area contributed by atoms with Gasteiger partial charge in [0.1, 0.15) is 18.2 Å². The van der Waals surface area contributed by atoms with Crippen LogP contribution in [0.2, 0.25) is 0 Å². The molecule has 0 heterocycles. The van der Waals surface area contributed by atoms with E-state index in [2.05, 4.69) is 17.6 Å². The SMILES string of the molecule is CCCCCNC(=O)C(c1cccc(C)c1C)N(C(=O)CNC(=O)OC(C)(C)C)C(C)(C)CC. The molecule has 1 rings (SSSR count). The normalized spacial score (nSPS) is 12.6. The molecule has 2 N–H and O–H groups in total. The van der Waals surface area contributed by atoms with Crippen molar-refractivity contribution in [2.45, 2.75) is 105 Å². The van der Waals surface area contributed by atoms with Crippen LogP contribution in [-0.4, -0.2) is 47.0 Å². The van der Waals surface area contributed by atoms with Gasteiger partial charge in [-0.05, 0) is 78.0 Å². The summed E-state index contributed by atoms with van der Waals surface area (Å²) in [5.41, 5.74) is 1.51. The third-order valence-corrected chi connectivity index (χ3v) is 6.10. The first-order valence-electron chi connectivity index (χ1n) is 12.4. The van der Waals surface area contributed by atoms with Crippen molar-refractivity contribution in [1.29, 1.82) is 0 Å². The van der Waals surface area contributed by atoms with Crippen molar-refractivity contribution in [1.82, 2.24) is 15.5 Å². The summed E-state index contributed by atoms with van der Waals surface area (Å²) < 4.78 is 5.28. The zero-order valence-electron chi connectivity index (χ0n) is 22.6. The van der Waals surface area contributed by atoms with E-state index >= 15 is 0 Å². The number of hydrogen-bond donors (Lipinski definition) is 2. The third-order valence-electron chi connectivity index (χ3n) is 6.10. The summed E-state index contributed by atoms with van der Waals surface area (Å²) in [6.07, 6.45) is 2.93. The Morgan fingerprint density at radius 2 is 1.65 bits per heavy atom. The van der Waals surface area contributed by atoms with Crippen molar-refractivity contribution >= 4 is 17.9 Å². The second-order valence-electron chi connectivity index (χ2n) is 10.5. The number of carbonyl (C=O) groups is 3. The van der Waals surface area contributed by atoms with E-state index in [1.54, 1.807) is 25.7 Å². The van der Waals surface area contributed by atoms with Crippen LogP contribution in [0.3, 0.4) is 0 Å². The van der Waals surface area contributed by atoms with Crippen molar-refractivity contribution in [2.75, 3.05) is 13.1 Å². The van der Waals surface area contributed by atoms with Crippen LogP contribution < -0.4 is 10.6 Å². The monoisotopic (exact) mass is 475 g/mol. The Balaban J connectivity index is 3.37. The molecule has 1 atom stereocenters. The molecule has 0 aromatic heterocycles. The van der Waals surface area contributed by atoms with E-state index in [-0.39, 0.29) is 18.4 Å². The van der Waals surface area contributed by atoms with E-state index in [4.69, 9.17) is 4.74 Å². The number of hydrogen-bond acceptors (Lipinski definition) is 4. The van der Waals surface area contributed by atoms with Crippen LogP contribution in [0.4, 0.5) is 4.79 Å². The highest BCUT2D eigenvalue weighted by molar-refractivity contribution is 5.91. The number of amides is 3. The molecule has 3 amide bonds. The highest BCUT2D eigenvalue weighted by atomic mass is 16.6. The van der Waals surface area contributed by atoms with Crippen molar-refractivity contribution in [3.05, 3.63) is 34.9 Å². The molecule has 0 saturated carbocycles. The van der Waals surface area contributed by atoms with Gasteiger partial charge in [-0.15, -0.1) is 0 Å². The van der Waals surface area contributed by atoms with Crippen molar-refractivity contribution < 1.29 is 19.1 Å². The molecule has 34 heavy (non-hydrogen) atoms. The lowest BCUT2D eigenvalue weighted by Gasteiger charge is -2.43. The van der Waals surface area contributed by atoms with Crippen molar-refractivity contribution in [3.8, 4) is 0 Å². The Morgan fingerprint density at radius 3 is 2.21 bits per heavy atom. The molecule has 0 aliphatic heterocycles. The van der Waals surface area contributed by atoms with Crippen LogP contribution in [0, 0.1) is 13.8 Å². The second kappa shape index (κ2) is 12.8. The van der Waals surface area contributed by atoms with Crippen LogP contribution in [0.15, 0.2) is 18.2 Å². The fourth-order valence-corrected chi connectivity index (χ4v) is 3.70. The molecular weight excluding hydrogens is 430 g/mol. The van der Waals surface area contributed by atoms with Crippen molar-refractivity contribution in [2.24, 2.45) is 0 Å². The third kappa shape index (κ3) is 8.65. The molecule has 0 radical (unpaired) electrons. The molecule has 0 bridgehead atoms. The quantitative estimate of drug-likeness (QED) is 0.431. The lowest BCUT2D eigenvalue weighted by Crippen LogP contribution is -2.56. The van der Waals surface area contributed by atoms with Crippen LogP contribution >= 0.6 is 0 Å². The van der Waals surface area contributed by atoms with Crippen molar-refractivity contribution in [3.63, 3.8) is 0 Å². The van der Waals surface area contributed by atoms with Gasteiger partial charge >= 0.3 is 6.09 Å². The van der Waals surface area contributed by atoms with Gasteiger partial charge < -0.3 is 20.3 Å². The predicted molar refractivity (Wildman–Crippen MR) is 137 cm³/mol. The van der Waals surface area contributed by atoms with Gasteiger partial charge in [-0.2, -0.15) is 0 Å². The topological polar surface area (TPSA) is 87.7 Å². The predicted octanol–water partition coefficient (Wildman–Crippen LogP) is 5.19. The number of unbranched alkanes of at least 4 members (excludes halogenated alkanes) is 2. The molecule has 0 spiro atoms. The maximum Gasteiger partial charge on any atom is 0.408 e. The van der Waals surface area contributed by atoms with E-state index in [0.29, 0.717) is 13.0 Å². The standard InChI is InChI=1S/C27H45N3O4/c1-10-12-13-17-28-24(32)23(21-16-14-15-19(3)20(21)4)30(27(8,9)11-2)22(31)18-29-25(33)34-26(5,6)7/h14-16,23H,10-13,17-18H2,1-9H3,(H,28,32)(H,29,33). The Morgan fingerprint density at radius 1 is 1.00 bits per heavy atom. The molecule has 1 aromatic rings. The second-order valence-corrected chi connectivity index (χ2v) is 10.5. The number of ether oxygens (including phenoxy) is 1. The van der Waals surface area contributed by atoms with E-state index in [1.165, 1.54) is 0 Å². The lowest BCUT2D eigenvalue weighted by molar-refractivity contribution is -0.146. The Labute approximate surface area is 206 Å². The minimum atomic E-state index is -0.815. The zero-order chi connectivity index (χ0) is 26.1. The molecule has 192 valence electrons. The van der Waals surface area contributed by atoms with Gasteiger partial charge in [0.05, 0.1) is 0 Å². The summed E-state index contributed by atoms with van der Waals surface area (Å²) in [6, 6.07) is 5.00. The summed E-state index contributed by atoms with van der Waals surface area (Å²) >= 11 is 0. The minimum absolute atomic E-state index is 0.211. The summed E-state index contributed by atoms with van der Waals surface area (Å²) in [7, 11) is 0. The van der Waals surface area contributed by atoms with Gasteiger partial charge in [-0.3, -0.25) is 9.59 Å². The van der Waals surface area contributed by atoms with Gasteiger partial charge in [-0.25, -0.2) is 4.79 Å². The lowest BCUT2D eigenvalue weighted by atomic mass is 9.90. The Kier molecular flexibility index (Phi) is 11.1. The summed E-state index contributed by atoms with van der Waals surface area (Å²) in [4.78, 5) is 41.0. The van der Waals surface area contributed by atoms with Crippen LogP contribution in [0.5, 0.6) is 0 Å². The number of rotatable bonds is 11. The maximum atomic E-state index is 13.6.